The third-order valence-electron chi connectivity index (χ3n) is 7.23. The number of aromatic nitrogens is 1. The second kappa shape index (κ2) is 8.33. The molecular formula is C22H31N3O5S. The molecule has 0 radical (unpaired) electrons. The maximum Gasteiger partial charge on any atom is 0.260 e. The third-order valence-corrected chi connectivity index (χ3v) is 9.21. The van der Waals surface area contributed by atoms with Gasteiger partial charge in [0.15, 0.2) is 6.61 Å². The number of ether oxygens (including phenoxy) is 2. The molecule has 8 nitrogen and oxygen atoms in total. The molecule has 1 N–H and O–H groups in total. The van der Waals surface area contributed by atoms with E-state index in [1.54, 1.807) is 11.1 Å². The number of nitrogens with zero attached hydrogens (tertiary/aromatic N) is 2. The van der Waals surface area contributed by atoms with Crippen LogP contribution in [-0.4, -0.2) is 67.4 Å². The minimum absolute atomic E-state index is 0.0990. The number of hydrogen-bond acceptors (Lipinski definition) is 6. The van der Waals surface area contributed by atoms with E-state index in [2.05, 4.69) is 16.6 Å². The lowest BCUT2D eigenvalue weighted by atomic mass is 9.81. The summed E-state index contributed by atoms with van der Waals surface area (Å²) in [4.78, 5) is 19.2. The Bertz CT molecular complexity index is 940. The summed E-state index contributed by atoms with van der Waals surface area (Å²) in [6, 6.07) is 1.37. The summed E-state index contributed by atoms with van der Waals surface area (Å²) in [5, 5.41) is -0.280. The fourth-order valence-electron chi connectivity index (χ4n) is 5.31. The summed E-state index contributed by atoms with van der Waals surface area (Å²) in [5.74, 6) is 0.763. The van der Waals surface area contributed by atoms with Gasteiger partial charge in [0.25, 0.3) is 5.91 Å². The van der Waals surface area contributed by atoms with Gasteiger partial charge in [0.05, 0.1) is 24.0 Å². The van der Waals surface area contributed by atoms with E-state index in [1.165, 1.54) is 0 Å². The molecule has 1 amide bonds. The van der Waals surface area contributed by atoms with Crippen LogP contribution in [0.15, 0.2) is 12.3 Å². The largest absolute Gasteiger partial charge is 0.467 e. The summed E-state index contributed by atoms with van der Waals surface area (Å²) in [6.45, 7) is 2.82. The number of hydrogen-bond donors (Lipinski definition) is 1. The van der Waals surface area contributed by atoms with Crippen LogP contribution in [0.4, 0.5) is 0 Å². The lowest BCUT2D eigenvalue weighted by molar-refractivity contribution is -0.136. The van der Waals surface area contributed by atoms with E-state index < -0.39 is 10.0 Å². The summed E-state index contributed by atoms with van der Waals surface area (Å²) < 4.78 is 40.2. The summed E-state index contributed by atoms with van der Waals surface area (Å²) in [7, 11) is -3.34. The quantitative estimate of drug-likeness (QED) is 0.757. The maximum atomic E-state index is 13.1. The van der Waals surface area contributed by atoms with E-state index in [1.807, 2.05) is 6.07 Å². The zero-order valence-corrected chi connectivity index (χ0v) is 18.8. The van der Waals surface area contributed by atoms with Crippen molar-refractivity contribution in [2.45, 2.75) is 81.2 Å². The average molecular weight is 450 g/mol. The standard InChI is InChI=1S/C22H31N3O5S/c1-14-8-10-23-22-21(14)15-2-4-16(5-3-15)29-12-19-18(24-31(27,28)17-6-7-17)9-11-25(19)20(26)13-30-22/h8,10,15-19,24H,2-7,9,11-13H2,1H3/t15-,16+,18?,19?. The molecule has 1 aromatic rings. The molecule has 0 aromatic carbocycles. The van der Waals surface area contributed by atoms with Gasteiger partial charge in [0.1, 0.15) is 0 Å². The predicted octanol–water partition coefficient (Wildman–Crippen LogP) is 1.88. The Morgan fingerprint density at radius 1 is 1.13 bits per heavy atom. The van der Waals surface area contributed by atoms with Gasteiger partial charge in [-0.15, -0.1) is 0 Å². The van der Waals surface area contributed by atoms with Crippen molar-refractivity contribution in [2.75, 3.05) is 19.8 Å². The number of pyridine rings is 1. The molecule has 2 aliphatic carbocycles. The Morgan fingerprint density at radius 2 is 1.90 bits per heavy atom. The molecule has 4 heterocycles. The van der Waals surface area contributed by atoms with Crippen LogP contribution in [0.3, 0.4) is 0 Å². The van der Waals surface area contributed by atoms with Crippen LogP contribution >= 0.6 is 0 Å². The molecule has 31 heavy (non-hydrogen) atoms. The lowest BCUT2D eigenvalue weighted by Gasteiger charge is -2.32. The van der Waals surface area contributed by atoms with Gasteiger partial charge in [0.2, 0.25) is 15.9 Å². The van der Waals surface area contributed by atoms with Crippen LogP contribution in [-0.2, 0) is 19.6 Å². The van der Waals surface area contributed by atoms with Gasteiger partial charge in [-0.05, 0) is 69.4 Å². The Morgan fingerprint density at radius 3 is 2.65 bits per heavy atom. The second-order valence-corrected chi connectivity index (χ2v) is 11.3. The lowest BCUT2D eigenvalue weighted by Crippen LogP contribution is -2.51. The monoisotopic (exact) mass is 449 g/mol. The van der Waals surface area contributed by atoms with Crippen molar-refractivity contribution in [3.8, 4) is 5.88 Å². The van der Waals surface area contributed by atoms with Gasteiger partial charge >= 0.3 is 0 Å². The molecule has 6 rings (SSSR count). The van der Waals surface area contributed by atoms with E-state index in [0.717, 1.165) is 49.7 Å². The van der Waals surface area contributed by atoms with Gasteiger partial charge in [-0.25, -0.2) is 18.1 Å². The molecule has 2 saturated carbocycles. The number of aryl methyl sites for hydroxylation is 1. The molecule has 0 spiro atoms. The molecule has 5 aliphatic rings. The first-order chi connectivity index (χ1) is 14.9. The minimum atomic E-state index is -3.34. The van der Waals surface area contributed by atoms with Crippen LogP contribution in [0.25, 0.3) is 0 Å². The highest BCUT2D eigenvalue weighted by molar-refractivity contribution is 7.90. The molecule has 9 heteroatoms. The van der Waals surface area contributed by atoms with Gasteiger partial charge in [-0.1, -0.05) is 0 Å². The zero-order chi connectivity index (χ0) is 21.6. The van der Waals surface area contributed by atoms with Crippen molar-refractivity contribution < 1.29 is 22.7 Å². The molecule has 170 valence electrons. The van der Waals surface area contributed by atoms with E-state index in [0.29, 0.717) is 31.4 Å². The number of fused-ring (bicyclic) bond motifs is 5. The number of sulfonamides is 1. The van der Waals surface area contributed by atoms with E-state index >= 15 is 0 Å². The number of nitrogens with one attached hydrogen (secondary N) is 1. The molecule has 1 aromatic heterocycles. The van der Waals surface area contributed by atoms with Crippen LogP contribution in [0.1, 0.15) is 62.0 Å². The molecule has 1 saturated heterocycles. The van der Waals surface area contributed by atoms with Crippen molar-refractivity contribution in [3.63, 3.8) is 0 Å². The van der Waals surface area contributed by atoms with Crippen molar-refractivity contribution in [2.24, 2.45) is 0 Å². The average Bonchev–Trinajstić information content (AvgIpc) is 3.54. The molecule has 3 fully saturated rings. The van der Waals surface area contributed by atoms with Gasteiger partial charge in [0, 0.05) is 24.3 Å². The first-order valence-electron chi connectivity index (χ1n) is 11.4. The number of carbonyl (C=O) groups excluding carboxylic acids is 1. The van der Waals surface area contributed by atoms with E-state index in [-0.39, 0.29) is 36.0 Å². The topological polar surface area (TPSA) is 97.8 Å². The summed E-state index contributed by atoms with van der Waals surface area (Å²) in [5.41, 5.74) is 2.26. The molecular weight excluding hydrogens is 418 g/mol. The van der Waals surface area contributed by atoms with E-state index in [4.69, 9.17) is 9.47 Å². The number of amides is 1. The zero-order valence-electron chi connectivity index (χ0n) is 18.0. The van der Waals surface area contributed by atoms with Crippen molar-refractivity contribution in [1.82, 2.24) is 14.6 Å². The van der Waals surface area contributed by atoms with Crippen molar-refractivity contribution >= 4 is 15.9 Å². The minimum Gasteiger partial charge on any atom is -0.467 e. The SMILES string of the molecule is Cc1ccnc2c1[C@H]1CC[C@H](CC1)OCC1C(NS(=O)(=O)C3CC3)CCN1C(=O)CO2. The highest BCUT2D eigenvalue weighted by atomic mass is 32.2. The maximum absolute atomic E-state index is 13.1. The Kier molecular flexibility index (Phi) is 5.68. The Hall–Kier alpha value is -1.71. The van der Waals surface area contributed by atoms with E-state index in [9.17, 15) is 13.2 Å². The fraction of sp³-hybridized carbons (Fsp3) is 0.727. The first kappa shape index (κ1) is 21.2. The molecule has 3 aliphatic heterocycles. The predicted molar refractivity (Wildman–Crippen MR) is 114 cm³/mol. The highest BCUT2D eigenvalue weighted by Crippen LogP contribution is 2.40. The summed E-state index contributed by atoms with van der Waals surface area (Å²) >= 11 is 0. The smallest absolute Gasteiger partial charge is 0.260 e. The van der Waals surface area contributed by atoms with Gasteiger partial charge < -0.3 is 14.4 Å². The number of rotatable bonds is 3. The first-order valence-corrected chi connectivity index (χ1v) is 13.0. The summed E-state index contributed by atoms with van der Waals surface area (Å²) in [6.07, 6.45) is 7.76. The number of carbonyl (C=O) groups is 1. The Labute approximate surface area is 183 Å². The van der Waals surface area contributed by atoms with Crippen LogP contribution < -0.4 is 9.46 Å². The molecule has 2 atom stereocenters. The van der Waals surface area contributed by atoms with Crippen molar-refractivity contribution in [1.29, 1.82) is 0 Å². The molecule has 2 bridgehead atoms. The Balaban J connectivity index is 1.40. The fourth-order valence-corrected chi connectivity index (χ4v) is 6.96. The van der Waals surface area contributed by atoms with Crippen LogP contribution in [0.2, 0.25) is 0 Å². The second-order valence-electron chi connectivity index (χ2n) is 9.35. The molecule has 2 unspecified atom stereocenters. The normalized spacial score (nSPS) is 31.8. The van der Waals surface area contributed by atoms with Crippen LogP contribution in [0, 0.1) is 6.92 Å². The third kappa shape index (κ3) is 4.32. The van der Waals surface area contributed by atoms with Gasteiger partial charge in [-0.3, -0.25) is 4.79 Å². The highest BCUT2D eigenvalue weighted by Gasteiger charge is 2.44. The van der Waals surface area contributed by atoms with Crippen LogP contribution in [0.5, 0.6) is 5.88 Å². The van der Waals surface area contributed by atoms with Crippen molar-refractivity contribution in [3.05, 3.63) is 23.4 Å². The van der Waals surface area contributed by atoms with Gasteiger partial charge in [-0.2, -0.15) is 0 Å².